The lowest BCUT2D eigenvalue weighted by Crippen LogP contribution is -2.34. The van der Waals surface area contributed by atoms with E-state index in [1.165, 1.54) is 0 Å². The van der Waals surface area contributed by atoms with Gasteiger partial charge in [-0.3, -0.25) is 4.79 Å². The summed E-state index contributed by atoms with van der Waals surface area (Å²) >= 11 is 0. The molecule has 0 amide bonds. The molecular formula is C10H13NO3. The highest BCUT2D eigenvalue weighted by Crippen LogP contribution is 2.43. The highest BCUT2D eigenvalue weighted by atomic mass is 16.5. The third-order valence-electron chi connectivity index (χ3n) is 2.98. The van der Waals surface area contributed by atoms with Crippen molar-refractivity contribution in [1.82, 2.24) is 0 Å². The second kappa shape index (κ2) is 3.58. The number of hydrogen-bond donors (Lipinski definition) is 0. The SMILES string of the molecule is CCOC(=O)[C@@H]1[C@@H](C#N)[C@@H]2CC[C@H]1O2. The van der Waals surface area contributed by atoms with Crippen LogP contribution in [-0.4, -0.2) is 24.8 Å². The molecule has 2 saturated heterocycles. The predicted molar refractivity (Wildman–Crippen MR) is 47.1 cm³/mol. The zero-order valence-corrected chi connectivity index (χ0v) is 8.10. The molecule has 4 nitrogen and oxygen atoms in total. The molecule has 0 N–H and O–H groups in total. The van der Waals surface area contributed by atoms with Crippen molar-refractivity contribution in [3.05, 3.63) is 0 Å². The summed E-state index contributed by atoms with van der Waals surface area (Å²) in [6, 6.07) is 2.16. The summed E-state index contributed by atoms with van der Waals surface area (Å²) in [6.45, 7) is 2.14. The van der Waals surface area contributed by atoms with Crippen LogP contribution in [0.15, 0.2) is 0 Å². The Hall–Kier alpha value is -1.08. The van der Waals surface area contributed by atoms with Gasteiger partial charge >= 0.3 is 5.97 Å². The Labute approximate surface area is 82.8 Å². The van der Waals surface area contributed by atoms with E-state index < -0.39 is 0 Å². The van der Waals surface area contributed by atoms with Crippen LogP contribution in [-0.2, 0) is 14.3 Å². The van der Waals surface area contributed by atoms with Gasteiger partial charge in [0.15, 0.2) is 0 Å². The van der Waals surface area contributed by atoms with Crippen molar-refractivity contribution in [3.63, 3.8) is 0 Å². The smallest absolute Gasteiger partial charge is 0.313 e. The molecule has 14 heavy (non-hydrogen) atoms. The number of fused-ring (bicyclic) bond motifs is 2. The van der Waals surface area contributed by atoms with Crippen LogP contribution >= 0.6 is 0 Å². The summed E-state index contributed by atoms with van der Waals surface area (Å²) in [6.07, 6.45) is 1.66. The lowest BCUT2D eigenvalue weighted by Gasteiger charge is -2.20. The number of esters is 1. The Balaban J connectivity index is 2.11. The predicted octanol–water partition coefficient (Wildman–Crippen LogP) is 0.867. The summed E-state index contributed by atoms with van der Waals surface area (Å²) in [5.41, 5.74) is 0. The molecule has 2 bridgehead atoms. The van der Waals surface area contributed by atoms with Gasteiger partial charge in [-0.25, -0.2) is 0 Å². The molecule has 4 heteroatoms. The number of ether oxygens (including phenoxy) is 2. The van der Waals surface area contributed by atoms with Crippen molar-refractivity contribution in [2.24, 2.45) is 11.8 Å². The van der Waals surface area contributed by atoms with Crippen molar-refractivity contribution in [2.75, 3.05) is 6.61 Å². The normalized spacial score (nSPS) is 39.4. The molecule has 76 valence electrons. The maximum Gasteiger partial charge on any atom is 0.313 e. The Morgan fingerprint density at radius 2 is 2.29 bits per heavy atom. The van der Waals surface area contributed by atoms with Gasteiger partial charge in [-0.15, -0.1) is 0 Å². The zero-order valence-electron chi connectivity index (χ0n) is 8.10. The largest absolute Gasteiger partial charge is 0.466 e. The van der Waals surface area contributed by atoms with Gasteiger partial charge in [0.05, 0.1) is 30.8 Å². The third-order valence-corrected chi connectivity index (χ3v) is 2.98. The topological polar surface area (TPSA) is 59.3 Å². The minimum absolute atomic E-state index is 0.0422. The first-order chi connectivity index (χ1) is 6.77. The molecule has 2 fully saturated rings. The van der Waals surface area contributed by atoms with Crippen molar-refractivity contribution in [2.45, 2.75) is 32.0 Å². The zero-order chi connectivity index (χ0) is 10.1. The van der Waals surface area contributed by atoms with Gasteiger partial charge in [-0.2, -0.15) is 5.26 Å². The average molecular weight is 195 g/mol. The van der Waals surface area contributed by atoms with Crippen molar-refractivity contribution < 1.29 is 14.3 Å². The first kappa shape index (κ1) is 9.47. The molecule has 0 aromatic heterocycles. The van der Waals surface area contributed by atoms with Crippen molar-refractivity contribution >= 4 is 5.97 Å². The van der Waals surface area contributed by atoms with Crippen LogP contribution in [0.2, 0.25) is 0 Å². The van der Waals surface area contributed by atoms with Gasteiger partial charge in [0.25, 0.3) is 0 Å². The summed E-state index contributed by atoms with van der Waals surface area (Å²) in [7, 11) is 0. The number of nitrogens with zero attached hydrogens (tertiary/aromatic N) is 1. The Bertz CT molecular complexity index is 284. The standard InChI is InChI=1S/C10H13NO3/c1-2-13-10(12)9-6(5-11)7-3-4-8(9)14-7/h6-9H,2-4H2,1H3/t6-,7-,8+,9+/m0/s1. The number of hydrogen-bond acceptors (Lipinski definition) is 4. The molecule has 2 aliphatic rings. The number of carbonyl (C=O) groups is 1. The quantitative estimate of drug-likeness (QED) is 0.613. The van der Waals surface area contributed by atoms with Crippen LogP contribution in [0, 0.1) is 23.2 Å². The monoisotopic (exact) mass is 195 g/mol. The van der Waals surface area contributed by atoms with Gasteiger partial charge in [0.1, 0.15) is 5.92 Å². The van der Waals surface area contributed by atoms with E-state index in [9.17, 15) is 4.79 Å². The molecule has 0 spiro atoms. The van der Waals surface area contributed by atoms with Crippen molar-refractivity contribution in [3.8, 4) is 6.07 Å². The van der Waals surface area contributed by atoms with E-state index in [1.54, 1.807) is 6.92 Å². The fourth-order valence-electron chi connectivity index (χ4n) is 2.38. The Kier molecular flexibility index (Phi) is 2.42. The average Bonchev–Trinajstić information content (AvgIpc) is 2.76. The molecule has 4 atom stereocenters. The maximum absolute atomic E-state index is 11.6. The van der Waals surface area contributed by atoms with Gasteiger partial charge < -0.3 is 9.47 Å². The van der Waals surface area contributed by atoms with Crippen LogP contribution in [0.4, 0.5) is 0 Å². The lowest BCUT2D eigenvalue weighted by atomic mass is 9.80. The molecule has 0 aliphatic carbocycles. The van der Waals surface area contributed by atoms with E-state index in [1.807, 2.05) is 0 Å². The summed E-state index contributed by atoms with van der Waals surface area (Å²) in [4.78, 5) is 11.6. The molecule has 0 aromatic rings. The van der Waals surface area contributed by atoms with Gasteiger partial charge in [-0.05, 0) is 19.8 Å². The van der Waals surface area contributed by atoms with E-state index in [0.29, 0.717) is 6.61 Å². The van der Waals surface area contributed by atoms with E-state index in [0.717, 1.165) is 12.8 Å². The molecule has 0 radical (unpaired) electrons. The third kappa shape index (κ3) is 1.28. The first-order valence-electron chi connectivity index (χ1n) is 4.99. The fraction of sp³-hybridized carbons (Fsp3) is 0.800. The minimum Gasteiger partial charge on any atom is -0.466 e. The number of carbonyl (C=O) groups excluding carboxylic acids is 1. The Morgan fingerprint density at radius 1 is 1.57 bits per heavy atom. The van der Waals surface area contributed by atoms with E-state index in [4.69, 9.17) is 14.7 Å². The van der Waals surface area contributed by atoms with Gasteiger partial charge in [0.2, 0.25) is 0 Å². The molecule has 0 saturated carbocycles. The minimum atomic E-state index is -0.348. The van der Waals surface area contributed by atoms with Gasteiger partial charge in [-0.1, -0.05) is 0 Å². The first-order valence-corrected chi connectivity index (χ1v) is 4.99. The van der Waals surface area contributed by atoms with Gasteiger partial charge in [0, 0.05) is 0 Å². The summed E-state index contributed by atoms with van der Waals surface area (Å²) < 4.78 is 10.5. The lowest BCUT2D eigenvalue weighted by molar-refractivity contribution is -0.150. The molecular weight excluding hydrogens is 182 g/mol. The highest BCUT2D eigenvalue weighted by Gasteiger charge is 2.53. The second-order valence-electron chi connectivity index (χ2n) is 3.72. The Morgan fingerprint density at radius 3 is 2.93 bits per heavy atom. The molecule has 2 rings (SSSR count). The fourth-order valence-corrected chi connectivity index (χ4v) is 2.38. The number of nitriles is 1. The summed E-state index contributed by atoms with van der Waals surface area (Å²) in [5, 5.41) is 8.94. The van der Waals surface area contributed by atoms with Crippen LogP contribution in [0.3, 0.4) is 0 Å². The number of rotatable bonds is 2. The molecule has 2 aliphatic heterocycles. The maximum atomic E-state index is 11.6. The van der Waals surface area contributed by atoms with E-state index in [2.05, 4.69) is 6.07 Å². The highest BCUT2D eigenvalue weighted by molar-refractivity contribution is 5.74. The van der Waals surface area contributed by atoms with Crippen LogP contribution in [0.5, 0.6) is 0 Å². The molecule has 2 heterocycles. The molecule has 0 aromatic carbocycles. The van der Waals surface area contributed by atoms with Crippen LogP contribution in [0.25, 0.3) is 0 Å². The summed E-state index contributed by atoms with van der Waals surface area (Å²) in [5.74, 6) is -0.919. The van der Waals surface area contributed by atoms with Crippen molar-refractivity contribution in [1.29, 1.82) is 5.26 Å². The van der Waals surface area contributed by atoms with E-state index >= 15 is 0 Å². The van der Waals surface area contributed by atoms with E-state index in [-0.39, 0.29) is 30.0 Å². The molecule has 0 unspecified atom stereocenters. The van der Waals surface area contributed by atoms with Crippen LogP contribution < -0.4 is 0 Å². The van der Waals surface area contributed by atoms with Crippen LogP contribution in [0.1, 0.15) is 19.8 Å². The second-order valence-corrected chi connectivity index (χ2v) is 3.72.